The fraction of sp³-hybridized carbons (Fsp3) is 0.875. The molecular weight excluding hydrogens is 268 g/mol. The van der Waals surface area contributed by atoms with Crippen molar-refractivity contribution >= 4 is 11.9 Å². The first-order chi connectivity index (χ1) is 9.77. The predicted octanol–water partition coefficient (Wildman–Crippen LogP) is 2.24. The van der Waals surface area contributed by atoms with Crippen molar-refractivity contribution in [2.45, 2.75) is 65.3 Å². The molecule has 0 radical (unpaired) electrons. The van der Waals surface area contributed by atoms with Crippen LogP contribution in [0.3, 0.4) is 0 Å². The van der Waals surface area contributed by atoms with Crippen LogP contribution < -0.4 is 5.73 Å². The van der Waals surface area contributed by atoms with E-state index in [9.17, 15) is 14.7 Å². The molecule has 1 aliphatic heterocycles. The first-order valence-corrected chi connectivity index (χ1v) is 7.99. The van der Waals surface area contributed by atoms with Gasteiger partial charge in [0.1, 0.15) is 6.04 Å². The van der Waals surface area contributed by atoms with E-state index in [4.69, 9.17) is 5.73 Å². The van der Waals surface area contributed by atoms with Gasteiger partial charge in [-0.3, -0.25) is 4.79 Å². The third kappa shape index (κ3) is 5.30. The smallest absolute Gasteiger partial charge is 0.326 e. The number of nitrogens with zero attached hydrogens (tertiary/aromatic N) is 1. The minimum Gasteiger partial charge on any atom is -0.480 e. The van der Waals surface area contributed by atoms with E-state index in [0.29, 0.717) is 31.8 Å². The van der Waals surface area contributed by atoms with Gasteiger partial charge in [-0.1, -0.05) is 20.8 Å². The number of carboxylic acids is 1. The zero-order valence-electron chi connectivity index (χ0n) is 13.6. The molecule has 0 bridgehead atoms. The SMILES string of the molecule is CC(C)(C)C(CCN)CCC(=O)N1CCCC[C@@H]1C(=O)O. The van der Waals surface area contributed by atoms with Crippen LogP contribution in [0.1, 0.15) is 59.3 Å². The maximum atomic E-state index is 12.4. The third-order valence-corrected chi connectivity index (χ3v) is 4.55. The molecule has 21 heavy (non-hydrogen) atoms. The van der Waals surface area contributed by atoms with E-state index < -0.39 is 12.0 Å². The molecule has 1 rings (SSSR count). The summed E-state index contributed by atoms with van der Waals surface area (Å²) in [4.78, 5) is 25.2. The normalized spacial score (nSPS) is 21.1. The zero-order valence-corrected chi connectivity index (χ0v) is 13.6. The second-order valence-electron chi connectivity index (χ2n) is 7.12. The molecule has 0 spiro atoms. The van der Waals surface area contributed by atoms with Gasteiger partial charge in [-0.05, 0) is 50.0 Å². The van der Waals surface area contributed by atoms with Crippen molar-refractivity contribution in [3.8, 4) is 0 Å². The Bertz CT molecular complexity index is 363. The molecule has 1 heterocycles. The minimum absolute atomic E-state index is 0.0200. The molecule has 0 saturated carbocycles. The van der Waals surface area contributed by atoms with Gasteiger partial charge in [-0.25, -0.2) is 4.79 Å². The standard InChI is InChI=1S/C16H30N2O3/c1-16(2,3)12(9-10-17)7-8-14(19)18-11-5-4-6-13(18)15(20)21/h12-13H,4-11,17H2,1-3H3,(H,20,21)/t12?,13-/m1/s1. The monoisotopic (exact) mass is 298 g/mol. The van der Waals surface area contributed by atoms with E-state index >= 15 is 0 Å². The molecule has 2 atom stereocenters. The van der Waals surface area contributed by atoms with Gasteiger partial charge in [-0.2, -0.15) is 0 Å². The molecule has 5 heteroatoms. The highest BCUT2D eigenvalue weighted by atomic mass is 16.4. The van der Waals surface area contributed by atoms with Crippen molar-refractivity contribution in [1.82, 2.24) is 4.90 Å². The predicted molar refractivity (Wildman–Crippen MR) is 82.8 cm³/mol. The summed E-state index contributed by atoms with van der Waals surface area (Å²) < 4.78 is 0. The number of carboxylic acid groups (broad SMARTS) is 1. The van der Waals surface area contributed by atoms with Crippen LogP contribution in [0.15, 0.2) is 0 Å². The van der Waals surface area contributed by atoms with Crippen molar-refractivity contribution in [3.05, 3.63) is 0 Å². The Kier molecular flexibility index (Phi) is 6.65. The van der Waals surface area contributed by atoms with Gasteiger partial charge in [-0.15, -0.1) is 0 Å². The summed E-state index contributed by atoms with van der Waals surface area (Å²) in [5, 5.41) is 9.24. The fourth-order valence-corrected chi connectivity index (χ4v) is 3.14. The Morgan fingerprint density at radius 3 is 2.48 bits per heavy atom. The lowest BCUT2D eigenvalue weighted by Crippen LogP contribution is -2.48. The Morgan fingerprint density at radius 2 is 1.95 bits per heavy atom. The summed E-state index contributed by atoms with van der Waals surface area (Å²) in [5.74, 6) is -0.509. The van der Waals surface area contributed by atoms with Crippen molar-refractivity contribution in [2.75, 3.05) is 13.1 Å². The van der Waals surface area contributed by atoms with Gasteiger partial charge in [0.2, 0.25) is 5.91 Å². The number of amides is 1. The van der Waals surface area contributed by atoms with Gasteiger partial charge in [0, 0.05) is 13.0 Å². The van der Waals surface area contributed by atoms with Crippen molar-refractivity contribution in [1.29, 1.82) is 0 Å². The molecule has 122 valence electrons. The average Bonchev–Trinajstić information content (AvgIpc) is 2.41. The van der Waals surface area contributed by atoms with Crippen LogP contribution in [0.4, 0.5) is 0 Å². The number of likely N-dealkylation sites (tertiary alicyclic amines) is 1. The van der Waals surface area contributed by atoms with Crippen LogP contribution >= 0.6 is 0 Å². The Morgan fingerprint density at radius 1 is 1.29 bits per heavy atom. The highest BCUT2D eigenvalue weighted by Gasteiger charge is 2.32. The summed E-state index contributed by atoms with van der Waals surface area (Å²) >= 11 is 0. The lowest BCUT2D eigenvalue weighted by molar-refractivity contribution is -0.152. The second-order valence-corrected chi connectivity index (χ2v) is 7.12. The van der Waals surface area contributed by atoms with E-state index in [1.165, 1.54) is 0 Å². The molecule has 1 unspecified atom stereocenters. The summed E-state index contributed by atoms with van der Waals surface area (Å²) in [6.45, 7) is 7.70. The Labute approximate surface area is 127 Å². The maximum Gasteiger partial charge on any atom is 0.326 e. The number of piperidine rings is 1. The van der Waals surface area contributed by atoms with E-state index in [1.807, 2.05) is 0 Å². The van der Waals surface area contributed by atoms with E-state index in [0.717, 1.165) is 25.7 Å². The maximum absolute atomic E-state index is 12.4. The lowest BCUT2D eigenvalue weighted by atomic mass is 9.76. The van der Waals surface area contributed by atoms with Crippen LogP contribution in [-0.4, -0.2) is 41.0 Å². The highest BCUT2D eigenvalue weighted by molar-refractivity contribution is 5.83. The van der Waals surface area contributed by atoms with Crippen LogP contribution in [-0.2, 0) is 9.59 Å². The van der Waals surface area contributed by atoms with Gasteiger partial charge in [0.15, 0.2) is 0 Å². The molecule has 1 amide bonds. The van der Waals surface area contributed by atoms with Gasteiger partial charge in [0.05, 0.1) is 0 Å². The van der Waals surface area contributed by atoms with Gasteiger partial charge in [0.25, 0.3) is 0 Å². The molecule has 1 fully saturated rings. The zero-order chi connectivity index (χ0) is 16.0. The van der Waals surface area contributed by atoms with E-state index in [-0.39, 0.29) is 11.3 Å². The second kappa shape index (κ2) is 7.78. The summed E-state index contributed by atoms with van der Waals surface area (Å²) in [5.41, 5.74) is 5.78. The van der Waals surface area contributed by atoms with Crippen molar-refractivity contribution in [2.24, 2.45) is 17.1 Å². The van der Waals surface area contributed by atoms with Gasteiger partial charge < -0.3 is 15.7 Å². The first-order valence-electron chi connectivity index (χ1n) is 7.99. The number of nitrogens with two attached hydrogens (primary N) is 1. The molecule has 0 aromatic rings. The topological polar surface area (TPSA) is 83.6 Å². The van der Waals surface area contributed by atoms with Crippen molar-refractivity contribution in [3.63, 3.8) is 0 Å². The van der Waals surface area contributed by atoms with E-state index in [2.05, 4.69) is 20.8 Å². The Balaban J connectivity index is 2.60. The Hall–Kier alpha value is -1.10. The summed E-state index contributed by atoms with van der Waals surface area (Å²) in [7, 11) is 0. The third-order valence-electron chi connectivity index (χ3n) is 4.55. The molecule has 0 aromatic heterocycles. The quantitative estimate of drug-likeness (QED) is 0.787. The van der Waals surface area contributed by atoms with Crippen molar-refractivity contribution < 1.29 is 14.7 Å². The number of rotatable bonds is 6. The number of carbonyl (C=O) groups excluding carboxylic acids is 1. The van der Waals surface area contributed by atoms with Gasteiger partial charge >= 0.3 is 5.97 Å². The number of aliphatic carboxylic acids is 1. The molecule has 5 nitrogen and oxygen atoms in total. The number of carbonyl (C=O) groups is 2. The fourth-order valence-electron chi connectivity index (χ4n) is 3.14. The van der Waals surface area contributed by atoms with E-state index in [1.54, 1.807) is 4.90 Å². The number of hydrogen-bond donors (Lipinski definition) is 2. The molecular formula is C16H30N2O3. The summed E-state index contributed by atoms with van der Waals surface area (Å²) in [6, 6.07) is -0.631. The van der Waals surface area contributed by atoms with Crippen LogP contribution in [0, 0.1) is 11.3 Å². The largest absolute Gasteiger partial charge is 0.480 e. The highest BCUT2D eigenvalue weighted by Crippen LogP contribution is 2.32. The molecule has 1 saturated heterocycles. The molecule has 1 aliphatic rings. The minimum atomic E-state index is -0.877. The first kappa shape index (κ1) is 18.0. The lowest BCUT2D eigenvalue weighted by Gasteiger charge is -2.35. The van der Waals surface area contributed by atoms with Crippen LogP contribution in [0.25, 0.3) is 0 Å². The number of hydrogen-bond acceptors (Lipinski definition) is 3. The molecule has 3 N–H and O–H groups in total. The average molecular weight is 298 g/mol. The van der Waals surface area contributed by atoms with Crippen LogP contribution in [0.5, 0.6) is 0 Å². The van der Waals surface area contributed by atoms with Crippen LogP contribution in [0.2, 0.25) is 0 Å². The summed E-state index contributed by atoms with van der Waals surface area (Å²) in [6.07, 6.45) is 4.47. The molecule has 0 aromatic carbocycles. The molecule has 0 aliphatic carbocycles.